The minimum Gasteiger partial charge on any atom is -0.394 e. The van der Waals surface area contributed by atoms with Crippen LogP contribution in [0.3, 0.4) is 0 Å². The number of nitrogens with zero attached hydrogens (tertiary/aromatic N) is 2. The fourth-order valence-corrected chi connectivity index (χ4v) is 1.37. The molecular weight excluding hydrogens is 242 g/mol. The number of terminal acetylenes is 1. The first-order chi connectivity index (χ1) is 7.91. The number of aliphatic hydroxyl groups excluding tert-OH is 1. The van der Waals surface area contributed by atoms with Crippen molar-refractivity contribution in [2.45, 2.75) is 25.9 Å². The summed E-state index contributed by atoms with van der Waals surface area (Å²) in [5.74, 6) is 2.53. The van der Waals surface area contributed by atoms with Gasteiger partial charge in [-0.15, -0.1) is 6.42 Å². The molecule has 0 fully saturated rings. The molecule has 0 bridgehead atoms. The predicted octanol–water partition coefficient (Wildman–Crippen LogP) is 0.713. The molecule has 0 atom stereocenters. The molecule has 0 spiro atoms. The van der Waals surface area contributed by atoms with E-state index in [-0.39, 0.29) is 18.2 Å². The van der Waals surface area contributed by atoms with Crippen LogP contribution in [0, 0.1) is 12.3 Å². The fraction of sp³-hybridized carbons (Fsp3) is 0.455. The van der Waals surface area contributed by atoms with Gasteiger partial charge in [0.1, 0.15) is 5.02 Å². The highest BCUT2D eigenvalue weighted by Gasteiger charge is 2.17. The molecule has 92 valence electrons. The maximum Gasteiger partial charge on any atom is 0.287 e. The van der Waals surface area contributed by atoms with E-state index >= 15 is 0 Å². The lowest BCUT2D eigenvalue weighted by Crippen LogP contribution is -2.31. The van der Waals surface area contributed by atoms with Gasteiger partial charge in [-0.2, -0.15) is 5.10 Å². The quantitative estimate of drug-likeness (QED) is 0.778. The van der Waals surface area contributed by atoms with Gasteiger partial charge in [0.15, 0.2) is 0 Å². The lowest BCUT2D eigenvalue weighted by atomic mass is 10.1. The largest absolute Gasteiger partial charge is 0.394 e. The second-order valence-electron chi connectivity index (χ2n) is 4.02. The Morgan fingerprint density at radius 3 is 2.88 bits per heavy atom. The predicted molar refractivity (Wildman–Crippen MR) is 67.1 cm³/mol. The minimum absolute atomic E-state index is 0.0109. The van der Waals surface area contributed by atoms with Crippen LogP contribution in [0.5, 0.6) is 0 Å². The first kappa shape index (κ1) is 13.6. The monoisotopic (exact) mass is 255 g/mol. The van der Waals surface area contributed by atoms with Gasteiger partial charge in [0.05, 0.1) is 30.6 Å². The summed E-state index contributed by atoms with van der Waals surface area (Å²) in [4.78, 5) is 11.7. The maximum atomic E-state index is 11.7. The molecular formula is C11H14ClN3O2. The molecule has 1 aromatic heterocycles. The van der Waals surface area contributed by atoms with E-state index in [1.54, 1.807) is 13.8 Å². The number of rotatable bonds is 4. The zero-order valence-electron chi connectivity index (χ0n) is 9.70. The van der Waals surface area contributed by atoms with Crippen molar-refractivity contribution in [1.29, 1.82) is 0 Å². The molecule has 5 nitrogen and oxygen atoms in total. The third kappa shape index (κ3) is 3.22. The molecule has 0 aliphatic rings. The van der Waals surface area contributed by atoms with E-state index in [4.69, 9.17) is 23.1 Å². The van der Waals surface area contributed by atoms with E-state index < -0.39 is 11.1 Å². The number of anilines is 1. The summed E-state index contributed by atoms with van der Waals surface area (Å²) in [7, 11) is 0. The molecule has 1 heterocycles. The van der Waals surface area contributed by atoms with Crippen LogP contribution in [0.2, 0.25) is 5.02 Å². The standard InChI is InChI=1S/C11H14ClN3O2/c1-4-11(2,3)14-8-7-13-15(5-6-16)10(17)9(8)12/h1,7,14,16H,5-6H2,2-3H3. The molecule has 0 amide bonds. The lowest BCUT2D eigenvalue weighted by Gasteiger charge is -2.21. The van der Waals surface area contributed by atoms with Gasteiger partial charge in [0.25, 0.3) is 5.56 Å². The summed E-state index contributed by atoms with van der Waals surface area (Å²) < 4.78 is 1.09. The molecule has 0 saturated carbocycles. The Balaban J connectivity index is 3.10. The molecule has 0 saturated heterocycles. The van der Waals surface area contributed by atoms with Crippen molar-refractivity contribution in [2.24, 2.45) is 0 Å². The maximum absolute atomic E-state index is 11.7. The van der Waals surface area contributed by atoms with Gasteiger partial charge in [0.2, 0.25) is 0 Å². The van der Waals surface area contributed by atoms with Crippen molar-refractivity contribution in [2.75, 3.05) is 11.9 Å². The van der Waals surface area contributed by atoms with Gasteiger partial charge >= 0.3 is 0 Å². The highest BCUT2D eigenvalue weighted by molar-refractivity contribution is 6.32. The Kier molecular flexibility index (Phi) is 4.16. The van der Waals surface area contributed by atoms with Crippen LogP contribution in [-0.4, -0.2) is 27.0 Å². The van der Waals surface area contributed by atoms with Gasteiger partial charge in [-0.3, -0.25) is 4.79 Å². The normalized spacial score (nSPS) is 11.0. The van der Waals surface area contributed by atoms with Crippen molar-refractivity contribution in [3.63, 3.8) is 0 Å². The van der Waals surface area contributed by atoms with Gasteiger partial charge in [-0.1, -0.05) is 17.5 Å². The Morgan fingerprint density at radius 2 is 2.35 bits per heavy atom. The highest BCUT2D eigenvalue weighted by Crippen LogP contribution is 2.19. The Labute approximate surface area is 104 Å². The molecule has 0 aliphatic carbocycles. The summed E-state index contributed by atoms with van der Waals surface area (Å²) in [6.07, 6.45) is 6.74. The average molecular weight is 256 g/mol. The van der Waals surface area contributed by atoms with Crippen molar-refractivity contribution < 1.29 is 5.11 Å². The molecule has 0 aliphatic heterocycles. The first-order valence-electron chi connectivity index (χ1n) is 5.03. The van der Waals surface area contributed by atoms with E-state index in [1.165, 1.54) is 6.20 Å². The number of nitrogens with one attached hydrogen (secondary N) is 1. The minimum atomic E-state index is -0.624. The second kappa shape index (κ2) is 5.21. The Bertz CT molecular complexity index is 502. The second-order valence-corrected chi connectivity index (χ2v) is 4.40. The van der Waals surface area contributed by atoms with Gasteiger partial charge in [-0.25, -0.2) is 4.68 Å². The zero-order valence-corrected chi connectivity index (χ0v) is 10.5. The summed E-state index contributed by atoms with van der Waals surface area (Å²) in [6, 6.07) is 0. The number of aliphatic hydroxyl groups is 1. The van der Waals surface area contributed by atoms with E-state index in [0.29, 0.717) is 5.69 Å². The third-order valence-corrected chi connectivity index (χ3v) is 2.47. The first-order valence-corrected chi connectivity index (χ1v) is 5.41. The summed E-state index contributed by atoms with van der Waals surface area (Å²) in [5, 5.41) is 15.6. The van der Waals surface area contributed by atoms with Crippen LogP contribution >= 0.6 is 11.6 Å². The SMILES string of the molecule is C#CC(C)(C)Nc1cnn(CCO)c(=O)c1Cl. The Hall–Kier alpha value is -1.51. The third-order valence-electron chi connectivity index (χ3n) is 2.10. The van der Waals surface area contributed by atoms with Crippen LogP contribution in [0.1, 0.15) is 13.8 Å². The Morgan fingerprint density at radius 1 is 1.71 bits per heavy atom. The number of aromatic nitrogens is 2. The highest BCUT2D eigenvalue weighted by atomic mass is 35.5. The topological polar surface area (TPSA) is 67.2 Å². The molecule has 17 heavy (non-hydrogen) atoms. The van der Waals surface area contributed by atoms with Crippen molar-refractivity contribution in [1.82, 2.24) is 9.78 Å². The molecule has 6 heteroatoms. The summed E-state index contributed by atoms with van der Waals surface area (Å²) >= 11 is 5.91. The van der Waals surface area contributed by atoms with E-state index in [1.807, 2.05) is 0 Å². The molecule has 0 radical (unpaired) electrons. The summed E-state index contributed by atoms with van der Waals surface area (Å²) in [6.45, 7) is 3.49. The molecule has 2 N–H and O–H groups in total. The van der Waals surface area contributed by atoms with Crippen molar-refractivity contribution >= 4 is 17.3 Å². The van der Waals surface area contributed by atoms with Crippen molar-refractivity contribution in [3.05, 3.63) is 21.6 Å². The van der Waals surface area contributed by atoms with Crippen LogP contribution in [0.15, 0.2) is 11.0 Å². The van der Waals surface area contributed by atoms with Crippen LogP contribution in [0.25, 0.3) is 0 Å². The smallest absolute Gasteiger partial charge is 0.287 e. The van der Waals surface area contributed by atoms with Crippen LogP contribution in [0.4, 0.5) is 5.69 Å². The molecule has 1 aromatic rings. The van der Waals surface area contributed by atoms with Gasteiger partial charge in [0, 0.05) is 0 Å². The van der Waals surface area contributed by atoms with E-state index in [9.17, 15) is 4.79 Å². The van der Waals surface area contributed by atoms with Crippen LogP contribution < -0.4 is 10.9 Å². The molecule has 0 aromatic carbocycles. The lowest BCUT2D eigenvalue weighted by molar-refractivity contribution is 0.266. The number of hydrogen-bond donors (Lipinski definition) is 2. The van der Waals surface area contributed by atoms with E-state index in [2.05, 4.69) is 16.3 Å². The van der Waals surface area contributed by atoms with E-state index in [0.717, 1.165) is 4.68 Å². The van der Waals surface area contributed by atoms with Gasteiger partial charge in [-0.05, 0) is 13.8 Å². The number of hydrogen-bond acceptors (Lipinski definition) is 4. The average Bonchev–Trinajstić information content (AvgIpc) is 2.29. The van der Waals surface area contributed by atoms with Crippen LogP contribution in [-0.2, 0) is 6.54 Å². The summed E-state index contributed by atoms with van der Waals surface area (Å²) in [5.41, 5.74) is -0.701. The number of halogens is 1. The fourth-order valence-electron chi connectivity index (χ4n) is 1.18. The molecule has 0 unspecified atom stereocenters. The van der Waals surface area contributed by atoms with Gasteiger partial charge < -0.3 is 10.4 Å². The zero-order chi connectivity index (χ0) is 13.1. The molecule has 1 rings (SSSR count). The van der Waals surface area contributed by atoms with Crippen molar-refractivity contribution in [3.8, 4) is 12.3 Å².